The van der Waals surface area contributed by atoms with Gasteiger partial charge >= 0.3 is 0 Å². The smallest absolute Gasteiger partial charge is 0.262 e. The highest BCUT2D eigenvalue weighted by molar-refractivity contribution is 9.10. The number of halogens is 4. The van der Waals surface area contributed by atoms with Crippen LogP contribution in [0.5, 0.6) is 0 Å². The number of sulfonamides is 1. The number of hydrogen-bond donors (Lipinski definition) is 1. The lowest BCUT2D eigenvalue weighted by Crippen LogP contribution is -2.14. The van der Waals surface area contributed by atoms with Crippen LogP contribution in [0.25, 0.3) is 0 Å². The molecule has 106 valence electrons. The van der Waals surface area contributed by atoms with Crippen LogP contribution in [0.4, 0.5) is 14.5 Å². The van der Waals surface area contributed by atoms with Gasteiger partial charge in [0.1, 0.15) is 11.6 Å². The van der Waals surface area contributed by atoms with Gasteiger partial charge in [-0.05, 0) is 46.3 Å². The highest BCUT2D eigenvalue weighted by Gasteiger charge is 2.17. The topological polar surface area (TPSA) is 46.2 Å². The minimum Gasteiger partial charge on any atom is -0.277 e. The zero-order valence-electron chi connectivity index (χ0n) is 9.70. The molecule has 8 heteroatoms. The van der Waals surface area contributed by atoms with Gasteiger partial charge in [-0.3, -0.25) is 4.72 Å². The SMILES string of the molecule is O=S(=O)(Nc1ccc(F)cc1F)c1ccc(Cl)c(Br)c1. The Labute approximate surface area is 127 Å². The van der Waals surface area contributed by atoms with E-state index in [0.717, 1.165) is 12.1 Å². The highest BCUT2D eigenvalue weighted by Crippen LogP contribution is 2.27. The van der Waals surface area contributed by atoms with Gasteiger partial charge in [0.05, 0.1) is 15.6 Å². The van der Waals surface area contributed by atoms with E-state index in [1.807, 2.05) is 4.72 Å². The Balaban J connectivity index is 2.38. The fraction of sp³-hybridized carbons (Fsp3) is 0. The predicted molar refractivity (Wildman–Crippen MR) is 76.3 cm³/mol. The molecule has 0 saturated heterocycles. The molecule has 0 spiro atoms. The van der Waals surface area contributed by atoms with Crippen molar-refractivity contribution < 1.29 is 17.2 Å². The summed E-state index contributed by atoms with van der Waals surface area (Å²) in [5.41, 5.74) is -0.336. The molecule has 2 aromatic carbocycles. The molecule has 20 heavy (non-hydrogen) atoms. The van der Waals surface area contributed by atoms with Crippen molar-refractivity contribution in [3.63, 3.8) is 0 Å². The van der Waals surface area contributed by atoms with E-state index in [4.69, 9.17) is 11.6 Å². The van der Waals surface area contributed by atoms with Crippen molar-refractivity contribution in [2.75, 3.05) is 4.72 Å². The molecule has 3 nitrogen and oxygen atoms in total. The molecule has 0 saturated carbocycles. The number of nitrogens with one attached hydrogen (secondary N) is 1. The quantitative estimate of drug-likeness (QED) is 0.865. The third-order valence-corrected chi connectivity index (χ3v) is 4.95. The van der Waals surface area contributed by atoms with Crippen LogP contribution in [0.2, 0.25) is 5.02 Å². The normalized spacial score (nSPS) is 11.4. The van der Waals surface area contributed by atoms with Crippen LogP contribution in [-0.4, -0.2) is 8.42 Å². The summed E-state index contributed by atoms with van der Waals surface area (Å²) in [6, 6.07) is 6.51. The summed E-state index contributed by atoms with van der Waals surface area (Å²) in [6.07, 6.45) is 0. The molecule has 0 amide bonds. The molecular formula is C12H7BrClF2NO2S. The summed E-state index contributed by atoms with van der Waals surface area (Å²) >= 11 is 8.87. The fourth-order valence-corrected chi connectivity index (χ4v) is 3.16. The zero-order chi connectivity index (χ0) is 14.9. The van der Waals surface area contributed by atoms with Crippen LogP contribution in [0.3, 0.4) is 0 Å². The first-order valence-electron chi connectivity index (χ1n) is 5.22. The molecule has 0 heterocycles. The summed E-state index contributed by atoms with van der Waals surface area (Å²) in [7, 11) is -3.99. The number of benzene rings is 2. The van der Waals surface area contributed by atoms with E-state index in [1.54, 1.807) is 0 Å². The molecule has 0 atom stereocenters. The van der Waals surface area contributed by atoms with Gasteiger partial charge in [-0.15, -0.1) is 0 Å². The lowest BCUT2D eigenvalue weighted by Gasteiger charge is -2.09. The Morgan fingerprint density at radius 3 is 2.40 bits per heavy atom. The minimum absolute atomic E-state index is 0.0995. The van der Waals surface area contributed by atoms with Crippen LogP contribution >= 0.6 is 27.5 Å². The Morgan fingerprint density at radius 1 is 1.10 bits per heavy atom. The first kappa shape index (κ1) is 15.2. The second-order valence-corrected chi connectivity index (χ2v) is 6.75. The maximum atomic E-state index is 13.4. The Hall–Kier alpha value is -1.18. The van der Waals surface area contributed by atoms with Crippen LogP contribution < -0.4 is 4.72 Å². The fourth-order valence-electron chi connectivity index (χ4n) is 1.42. The van der Waals surface area contributed by atoms with Gasteiger partial charge in [0, 0.05) is 10.5 Å². The summed E-state index contributed by atoms with van der Waals surface area (Å²) < 4.78 is 52.8. The van der Waals surface area contributed by atoms with Crippen LogP contribution in [-0.2, 0) is 10.0 Å². The monoisotopic (exact) mass is 381 g/mol. The van der Waals surface area contributed by atoms with E-state index < -0.39 is 21.7 Å². The van der Waals surface area contributed by atoms with Gasteiger partial charge in [-0.1, -0.05) is 11.6 Å². The van der Waals surface area contributed by atoms with Crippen molar-refractivity contribution in [3.05, 3.63) is 57.5 Å². The van der Waals surface area contributed by atoms with Crippen molar-refractivity contribution in [1.82, 2.24) is 0 Å². The van der Waals surface area contributed by atoms with E-state index in [1.165, 1.54) is 18.2 Å². The van der Waals surface area contributed by atoms with Gasteiger partial charge in [-0.25, -0.2) is 17.2 Å². The lowest BCUT2D eigenvalue weighted by molar-refractivity contribution is 0.583. The van der Waals surface area contributed by atoms with Crippen LogP contribution in [0.1, 0.15) is 0 Å². The van der Waals surface area contributed by atoms with Crippen LogP contribution in [0, 0.1) is 11.6 Å². The minimum atomic E-state index is -3.99. The number of hydrogen-bond acceptors (Lipinski definition) is 2. The number of rotatable bonds is 3. The van der Waals surface area contributed by atoms with E-state index in [-0.39, 0.29) is 10.6 Å². The summed E-state index contributed by atoms with van der Waals surface area (Å²) in [5, 5.41) is 0.344. The second-order valence-electron chi connectivity index (χ2n) is 3.81. The molecule has 1 N–H and O–H groups in total. The molecule has 0 aromatic heterocycles. The van der Waals surface area contributed by atoms with Crippen molar-refractivity contribution >= 4 is 43.2 Å². The zero-order valence-corrected chi connectivity index (χ0v) is 12.9. The standard InChI is InChI=1S/C12H7BrClF2NO2S/c13-9-6-8(2-3-10(9)14)20(18,19)17-12-4-1-7(15)5-11(12)16/h1-6,17H. The predicted octanol–water partition coefficient (Wildman–Crippen LogP) is 4.18. The van der Waals surface area contributed by atoms with Gasteiger partial charge in [-0.2, -0.15) is 0 Å². The molecule has 0 radical (unpaired) electrons. The first-order valence-corrected chi connectivity index (χ1v) is 7.88. The Kier molecular flexibility index (Phi) is 4.31. The molecule has 2 rings (SSSR count). The van der Waals surface area contributed by atoms with Gasteiger partial charge in [0.15, 0.2) is 0 Å². The summed E-state index contributed by atoms with van der Waals surface area (Å²) in [5.74, 6) is -1.79. The maximum Gasteiger partial charge on any atom is 0.262 e. The third-order valence-electron chi connectivity index (χ3n) is 2.38. The van der Waals surface area contributed by atoms with Crippen molar-refractivity contribution in [1.29, 1.82) is 0 Å². The van der Waals surface area contributed by atoms with Crippen molar-refractivity contribution in [2.24, 2.45) is 0 Å². The van der Waals surface area contributed by atoms with Gasteiger partial charge in [0.2, 0.25) is 0 Å². The Morgan fingerprint density at radius 2 is 1.80 bits per heavy atom. The summed E-state index contributed by atoms with van der Waals surface area (Å²) in [4.78, 5) is -0.0995. The van der Waals surface area contributed by atoms with Gasteiger partial charge in [0.25, 0.3) is 10.0 Å². The largest absolute Gasteiger partial charge is 0.277 e. The van der Waals surface area contributed by atoms with Gasteiger partial charge < -0.3 is 0 Å². The molecule has 0 aliphatic heterocycles. The molecule has 0 unspecified atom stereocenters. The average Bonchev–Trinajstić information content (AvgIpc) is 2.36. The first-order chi connectivity index (χ1) is 9.29. The molecule has 0 aliphatic carbocycles. The molecule has 0 fully saturated rings. The average molecular weight is 383 g/mol. The van der Waals surface area contributed by atoms with E-state index >= 15 is 0 Å². The number of anilines is 1. The third kappa shape index (κ3) is 3.28. The molecule has 0 aliphatic rings. The highest BCUT2D eigenvalue weighted by atomic mass is 79.9. The molecule has 0 bridgehead atoms. The van der Waals surface area contributed by atoms with Crippen molar-refractivity contribution in [3.8, 4) is 0 Å². The van der Waals surface area contributed by atoms with E-state index in [9.17, 15) is 17.2 Å². The van der Waals surface area contributed by atoms with Crippen molar-refractivity contribution in [2.45, 2.75) is 4.90 Å². The lowest BCUT2D eigenvalue weighted by atomic mass is 10.3. The summed E-state index contributed by atoms with van der Waals surface area (Å²) in [6.45, 7) is 0. The second kappa shape index (κ2) is 5.67. The molecular weight excluding hydrogens is 376 g/mol. The Bertz CT molecular complexity index is 768. The van der Waals surface area contributed by atoms with E-state index in [2.05, 4.69) is 15.9 Å². The maximum absolute atomic E-state index is 13.4. The molecule has 2 aromatic rings. The van der Waals surface area contributed by atoms with Crippen LogP contribution in [0.15, 0.2) is 45.8 Å². The van der Waals surface area contributed by atoms with E-state index in [0.29, 0.717) is 15.6 Å².